The van der Waals surface area contributed by atoms with E-state index in [1.165, 1.54) is 10.6 Å². The standard InChI is InChI=1S/C49H60FN7O12S2/c1-5-49(62)36-24-40-44-34(26-57(40)45(59)35(36)28-68-46(49)60)43-38(11-10-33-30(2)37(50)25-39(54-44)42(33)43)55-47(61)69-27-31-6-8-32(9-7-31)70-71-48(3,4)29-52-41(58)12-14-63-16-18-65-20-22-67-23-21-66-19-17-64-15-13-53-56-51/h6-9,24-25,38,62H,5,10-23,26-29H2,1-4H3,(H,52,58)(H,55,61)/t38-,49-/m0/s1. The van der Waals surface area contributed by atoms with Crippen molar-refractivity contribution in [2.75, 3.05) is 79.2 Å². The Morgan fingerprint density at radius 3 is 2.31 bits per heavy atom. The van der Waals surface area contributed by atoms with Crippen LogP contribution in [0.3, 0.4) is 0 Å². The van der Waals surface area contributed by atoms with Gasteiger partial charge in [0.05, 0.1) is 101 Å². The van der Waals surface area contributed by atoms with Gasteiger partial charge in [-0.25, -0.2) is 19.0 Å². The fourth-order valence-electron chi connectivity index (χ4n) is 8.56. The normalized spacial score (nSPS) is 16.7. The van der Waals surface area contributed by atoms with E-state index in [1.807, 2.05) is 24.3 Å². The van der Waals surface area contributed by atoms with E-state index in [2.05, 4.69) is 34.5 Å². The first-order valence-electron chi connectivity index (χ1n) is 23.6. The van der Waals surface area contributed by atoms with E-state index in [-0.39, 0.29) is 61.0 Å². The van der Waals surface area contributed by atoms with Crippen LogP contribution < -0.4 is 16.2 Å². The van der Waals surface area contributed by atoms with E-state index in [1.54, 1.807) is 41.5 Å². The molecule has 3 aliphatic rings. The van der Waals surface area contributed by atoms with Crippen LogP contribution in [0.4, 0.5) is 9.18 Å². The molecule has 1 aliphatic carbocycles. The number of nitrogens with zero attached hydrogens (tertiary/aromatic N) is 5. The van der Waals surface area contributed by atoms with E-state index < -0.39 is 35.1 Å². The summed E-state index contributed by atoms with van der Waals surface area (Å²) in [7, 11) is 3.20. The van der Waals surface area contributed by atoms with Crippen molar-refractivity contribution >= 4 is 50.5 Å². The molecule has 0 bridgehead atoms. The summed E-state index contributed by atoms with van der Waals surface area (Å²) in [6, 6.07) is 10.1. The maximum atomic E-state index is 15.4. The Bertz CT molecular complexity index is 2680. The molecule has 4 heterocycles. The molecule has 71 heavy (non-hydrogen) atoms. The van der Waals surface area contributed by atoms with Crippen LogP contribution in [-0.2, 0) is 74.5 Å². The molecule has 0 radical (unpaired) electrons. The Morgan fingerprint density at radius 1 is 0.986 bits per heavy atom. The Hall–Kier alpha value is -5.29. The highest BCUT2D eigenvalue weighted by atomic mass is 33.1. The zero-order valence-electron chi connectivity index (χ0n) is 40.3. The molecule has 0 saturated carbocycles. The van der Waals surface area contributed by atoms with Crippen molar-refractivity contribution in [1.29, 1.82) is 0 Å². The molecule has 0 fully saturated rings. The van der Waals surface area contributed by atoms with Crippen LogP contribution in [0.25, 0.3) is 32.7 Å². The van der Waals surface area contributed by atoms with Gasteiger partial charge in [0.15, 0.2) is 5.60 Å². The molecule has 2 aliphatic heterocycles. The van der Waals surface area contributed by atoms with Crippen LogP contribution in [0.1, 0.15) is 85.0 Å². The number of pyridine rings is 2. The summed E-state index contributed by atoms with van der Waals surface area (Å²) < 4.78 is 54.7. The second kappa shape index (κ2) is 24.9. The predicted octanol–water partition coefficient (Wildman–Crippen LogP) is 6.86. The first-order chi connectivity index (χ1) is 34.2. The highest BCUT2D eigenvalue weighted by Gasteiger charge is 2.46. The molecule has 0 spiro atoms. The number of nitrogens with one attached hydrogen (secondary N) is 2. The quantitative estimate of drug-likeness (QED) is 0.0122. The molecular weight excluding hydrogens is 962 g/mol. The van der Waals surface area contributed by atoms with Gasteiger partial charge in [0.2, 0.25) is 5.91 Å². The fourth-order valence-corrected chi connectivity index (χ4v) is 10.7. The van der Waals surface area contributed by atoms with Gasteiger partial charge < -0.3 is 53.5 Å². The summed E-state index contributed by atoms with van der Waals surface area (Å²) >= 11 is 0. The van der Waals surface area contributed by atoms with Crippen molar-refractivity contribution in [2.24, 2.45) is 5.11 Å². The first-order valence-corrected chi connectivity index (χ1v) is 25.8. The number of carbonyl (C=O) groups excluding carboxylic acids is 3. The third-order valence-electron chi connectivity index (χ3n) is 12.4. The number of fused-ring (bicyclic) bond motifs is 5. The number of alkyl carbamates (subject to hydrolysis) is 1. The van der Waals surface area contributed by atoms with Gasteiger partial charge in [0.25, 0.3) is 5.56 Å². The minimum Gasteiger partial charge on any atom is -0.458 e. The minimum atomic E-state index is -2.00. The average molecular weight is 1020 g/mol. The van der Waals surface area contributed by atoms with Gasteiger partial charge in [0.1, 0.15) is 19.0 Å². The number of rotatable bonds is 27. The van der Waals surface area contributed by atoms with Gasteiger partial charge in [-0.05, 0) is 86.0 Å². The van der Waals surface area contributed by atoms with Crippen LogP contribution in [0.2, 0.25) is 0 Å². The molecule has 0 unspecified atom stereocenters. The number of ether oxygens (including phenoxy) is 7. The van der Waals surface area contributed by atoms with Crippen molar-refractivity contribution in [3.63, 3.8) is 0 Å². The van der Waals surface area contributed by atoms with E-state index in [0.29, 0.717) is 113 Å². The summed E-state index contributed by atoms with van der Waals surface area (Å²) in [5, 5.41) is 21.5. The highest BCUT2D eigenvalue weighted by molar-refractivity contribution is 8.77. The molecule has 2 atom stereocenters. The SMILES string of the molecule is CC[C@@]1(O)C(=O)OCc2c1cc1n(c2=O)Cc2c-1nc1cc(F)c(C)c3c1c2[C@@H](NC(=O)OCc1ccc(SSC(C)(C)CNC(=O)CCOCCOCCOCCOCCOCCN=[N+]=[N-])cc1)CC3. The monoisotopic (exact) mass is 1020 g/mol. The van der Waals surface area contributed by atoms with Crippen LogP contribution in [0.5, 0.6) is 0 Å². The Morgan fingerprint density at radius 2 is 1.65 bits per heavy atom. The van der Waals surface area contributed by atoms with E-state index in [9.17, 15) is 24.3 Å². The number of benzene rings is 2. The fraction of sp³-hybridized carbons (Fsp3) is 0.531. The molecule has 2 aromatic carbocycles. The number of hydrogen-bond acceptors (Lipinski definition) is 16. The molecule has 7 rings (SSSR count). The zero-order valence-corrected chi connectivity index (χ0v) is 42.0. The summed E-state index contributed by atoms with van der Waals surface area (Å²) in [5.41, 5.74) is 10.9. The zero-order chi connectivity index (χ0) is 50.5. The van der Waals surface area contributed by atoms with Gasteiger partial charge >= 0.3 is 12.1 Å². The van der Waals surface area contributed by atoms with Gasteiger partial charge in [-0.3, -0.25) is 9.59 Å². The molecule has 3 N–H and O–H groups in total. The van der Waals surface area contributed by atoms with Crippen molar-refractivity contribution in [1.82, 2.24) is 20.2 Å². The highest BCUT2D eigenvalue weighted by Crippen LogP contribution is 2.46. The van der Waals surface area contributed by atoms with Crippen molar-refractivity contribution in [2.45, 2.75) is 94.4 Å². The summed E-state index contributed by atoms with van der Waals surface area (Å²) in [6.07, 6.45) is 0.516. The number of aromatic nitrogens is 2. The summed E-state index contributed by atoms with van der Waals surface area (Å²) in [4.78, 5) is 61.2. The first kappa shape index (κ1) is 53.5. The largest absolute Gasteiger partial charge is 0.458 e. The average Bonchev–Trinajstić information content (AvgIpc) is 3.73. The lowest BCUT2D eigenvalue weighted by Gasteiger charge is -2.31. The van der Waals surface area contributed by atoms with Crippen molar-refractivity contribution in [3.8, 4) is 11.4 Å². The van der Waals surface area contributed by atoms with Crippen LogP contribution in [-0.4, -0.2) is 117 Å². The molecule has 2 amide bonds. The lowest BCUT2D eigenvalue weighted by atomic mass is 9.81. The Labute approximate surface area is 418 Å². The number of carbonyl (C=O) groups is 3. The third-order valence-corrected chi connectivity index (χ3v) is 15.7. The number of halogens is 1. The summed E-state index contributed by atoms with van der Waals surface area (Å²) in [6.45, 7) is 12.0. The van der Waals surface area contributed by atoms with E-state index in [0.717, 1.165) is 27.0 Å². The predicted molar refractivity (Wildman–Crippen MR) is 263 cm³/mol. The van der Waals surface area contributed by atoms with Crippen LogP contribution >= 0.6 is 21.6 Å². The number of aliphatic hydroxyl groups is 1. The van der Waals surface area contributed by atoms with Gasteiger partial charge in [-0.15, -0.1) is 0 Å². The third kappa shape index (κ3) is 13.2. The maximum Gasteiger partial charge on any atom is 0.407 e. The molecule has 0 saturated heterocycles. The lowest BCUT2D eigenvalue weighted by molar-refractivity contribution is -0.172. The van der Waals surface area contributed by atoms with Gasteiger partial charge in [-0.1, -0.05) is 45.8 Å². The van der Waals surface area contributed by atoms with Gasteiger partial charge in [0, 0.05) is 56.6 Å². The summed E-state index contributed by atoms with van der Waals surface area (Å²) in [5.74, 6) is -1.34. The number of hydrogen-bond donors (Lipinski definition) is 3. The number of esters is 1. The number of aryl methyl sites for hydroxylation is 1. The number of azide groups is 1. The minimum absolute atomic E-state index is 0.00513. The molecule has 22 heteroatoms. The molecule has 382 valence electrons. The molecule has 19 nitrogen and oxygen atoms in total. The smallest absolute Gasteiger partial charge is 0.407 e. The molecule has 4 aromatic rings. The van der Waals surface area contributed by atoms with Crippen molar-refractivity contribution < 1.29 is 57.0 Å². The van der Waals surface area contributed by atoms with Gasteiger partial charge in [-0.2, -0.15) is 0 Å². The Balaban J connectivity index is 0.825. The second-order valence-corrected chi connectivity index (χ2v) is 20.6. The van der Waals surface area contributed by atoms with Crippen molar-refractivity contribution in [3.05, 3.63) is 102 Å². The van der Waals surface area contributed by atoms with E-state index in [4.69, 9.17) is 43.7 Å². The maximum absolute atomic E-state index is 15.4. The second-order valence-electron chi connectivity index (χ2n) is 17.7. The molecule has 2 aromatic heterocycles. The van der Waals surface area contributed by atoms with Crippen LogP contribution in [0, 0.1) is 12.7 Å². The van der Waals surface area contributed by atoms with Crippen LogP contribution in [0.15, 0.2) is 51.2 Å². The molecular formula is C49H60FN7O12S2. The lowest BCUT2D eigenvalue weighted by Crippen LogP contribution is -2.44. The topological polar surface area (TPSA) is 244 Å². The number of cyclic esters (lactones) is 1. The Kier molecular flexibility index (Phi) is 18.8. The van der Waals surface area contributed by atoms with E-state index >= 15 is 4.39 Å². The number of amides is 2.